The standard InChI is InChI=1S/C31H32N6O9/c1-2-13-37(24-10-5-17-14-23-20(15-19(17)24)28(42)36-31(32)35-23)18-6-3-16(4-7-18)27(41)34-22(30(45)46)8-11-25(38)33-21(29(43)44)9-12-26(39)40/h1,3-4,6-7,14-15,21-22,24H,5,8-13H2,(H,33,38)(H,34,41)(H,39,40)(H,43,44)(H,45,46)(H3,32,35,36,42)/t21?,22-,24?/m0/s1. The maximum absolute atomic E-state index is 12.9. The number of aromatic nitrogens is 2. The van der Waals surface area contributed by atoms with Crippen molar-refractivity contribution in [2.45, 2.75) is 56.7 Å². The van der Waals surface area contributed by atoms with Crippen LogP contribution in [0.15, 0.2) is 41.2 Å². The summed E-state index contributed by atoms with van der Waals surface area (Å²) in [7, 11) is 0. The third-order valence-corrected chi connectivity index (χ3v) is 7.67. The first-order chi connectivity index (χ1) is 21.9. The topological polar surface area (TPSA) is 245 Å². The van der Waals surface area contributed by atoms with E-state index in [9.17, 15) is 39.0 Å². The quantitative estimate of drug-likeness (QED) is 0.123. The molecule has 0 aliphatic heterocycles. The number of H-pyrrole nitrogens is 1. The number of carboxylic acids is 3. The van der Waals surface area contributed by atoms with E-state index >= 15 is 0 Å². The summed E-state index contributed by atoms with van der Waals surface area (Å²) in [5, 5.41) is 32.5. The molecular formula is C31H32N6O9. The number of benzene rings is 2. The molecule has 1 aromatic heterocycles. The first-order valence-corrected chi connectivity index (χ1v) is 14.3. The Morgan fingerprint density at radius 1 is 1.02 bits per heavy atom. The molecule has 2 aromatic carbocycles. The van der Waals surface area contributed by atoms with Crippen LogP contribution in [-0.4, -0.2) is 73.6 Å². The first kappa shape index (κ1) is 33.0. The van der Waals surface area contributed by atoms with Gasteiger partial charge in [0.2, 0.25) is 11.9 Å². The highest BCUT2D eigenvalue weighted by atomic mass is 16.4. The number of amides is 2. The van der Waals surface area contributed by atoms with E-state index in [0.717, 1.165) is 17.5 Å². The van der Waals surface area contributed by atoms with Crippen LogP contribution < -0.4 is 26.8 Å². The zero-order valence-corrected chi connectivity index (χ0v) is 24.5. The van der Waals surface area contributed by atoms with Gasteiger partial charge in [-0.1, -0.05) is 5.92 Å². The molecule has 0 saturated heterocycles. The first-order valence-electron chi connectivity index (χ1n) is 14.3. The fourth-order valence-electron chi connectivity index (χ4n) is 5.41. The molecule has 0 radical (unpaired) electrons. The summed E-state index contributed by atoms with van der Waals surface area (Å²) in [6, 6.07) is 6.92. The van der Waals surface area contributed by atoms with Gasteiger partial charge in [0, 0.05) is 24.1 Å². The number of hydrogen-bond acceptors (Lipinski definition) is 9. The molecule has 46 heavy (non-hydrogen) atoms. The van der Waals surface area contributed by atoms with Crippen molar-refractivity contribution < 1.29 is 39.3 Å². The number of nitrogen functional groups attached to an aromatic ring is 1. The Hall–Kier alpha value is -5.91. The summed E-state index contributed by atoms with van der Waals surface area (Å²) >= 11 is 0. The zero-order chi connectivity index (χ0) is 33.5. The summed E-state index contributed by atoms with van der Waals surface area (Å²) in [5.74, 6) is -2.89. The number of hydrogen-bond donors (Lipinski definition) is 7. The van der Waals surface area contributed by atoms with Crippen molar-refractivity contribution in [2.24, 2.45) is 0 Å². The van der Waals surface area contributed by atoms with Gasteiger partial charge in [-0.3, -0.25) is 24.2 Å². The van der Waals surface area contributed by atoms with E-state index < -0.39 is 54.6 Å². The van der Waals surface area contributed by atoms with Crippen molar-refractivity contribution in [3.05, 3.63) is 63.4 Å². The lowest BCUT2D eigenvalue weighted by Crippen LogP contribution is -2.44. The molecule has 2 amide bonds. The number of carbonyl (C=O) groups excluding carboxylic acids is 2. The van der Waals surface area contributed by atoms with E-state index in [0.29, 0.717) is 23.0 Å². The average Bonchev–Trinajstić information content (AvgIpc) is 3.41. The number of nitrogens with one attached hydrogen (secondary N) is 3. The maximum Gasteiger partial charge on any atom is 0.326 e. The molecule has 3 aromatic rings. The van der Waals surface area contributed by atoms with Gasteiger partial charge in [-0.2, -0.15) is 0 Å². The van der Waals surface area contributed by atoms with Crippen LogP contribution in [0.5, 0.6) is 0 Å². The van der Waals surface area contributed by atoms with Crippen LogP contribution in [0.4, 0.5) is 11.6 Å². The van der Waals surface area contributed by atoms with Crippen molar-refractivity contribution in [1.82, 2.24) is 20.6 Å². The normalized spacial score (nSPS) is 14.8. The van der Waals surface area contributed by atoms with Crippen molar-refractivity contribution >= 4 is 52.3 Å². The van der Waals surface area contributed by atoms with Gasteiger partial charge in [-0.25, -0.2) is 14.6 Å². The number of aryl methyl sites for hydroxylation is 1. The van der Waals surface area contributed by atoms with Crippen LogP contribution >= 0.6 is 0 Å². The van der Waals surface area contributed by atoms with E-state index in [1.54, 1.807) is 18.2 Å². The number of nitrogens with two attached hydrogens (primary N) is 1. The second kappa shape index (κ2) is 14.2. The number of anilines is 2. The molecule has 1 aliphatic rings. The van der Waals surface area contributed by atoms with Gasteiger partial charge < -0.3 is 36.6 Å². The lowest BCUT2D eigenvalue weighted by molar-refractivity contribution is -0.143. The van der Waals surface area contributed by atoms with Crippen LogP contribution in [0.1, 0.15) is 59.6 Å². The van der Waals surface area contributed by atoms with Crippen LogP contribution in [0.25, 0.3) is 10.9 Å². The number of fused-ring (bicyclic) bond motifs is 2. The lowest BCUT2D eigenvalue weighted by Gasteiger charge is -2.30. The number of nitrogens with zero attached hydrogens (tertiary/aromatic N) is 2. The van der Waals surface area contributed by atoms with Crippen LogP contribution in [0.3, 0.4) is 0 Å². The fraction of sp³-hybridized carbons (Fsp3) is 0.323. The van der Waals surface area contributed by atoms with Gasteiger partial charge in [0.1, 0.15) is 12.1 Å². The van der Waals surface area contributed by atoms with Gasteiger partial charge in [-0.15, -0.1) is 6.42 Å². The smallest absolute Gasteiger partial charge is 0.326 e. The highest BCUT2D eigenvalue weighted by molar-refractivity contribution is 5.97. The highest BCUT2D eigenvalue weighted by Crippen LogP contribution is 2.39. The second-order valence-corrected chi connectivity index (χ2v) is 10.7. The molecule has 4 rings (SSSR count). The van der Waals surface area contributed by atoms with Gasteiger partial charge in [-0.05, 0) is 73.2 Å². The summed E-state index contributed by atoms with van der Waals surface area (Å²) in [4.78, 5) is 80.2. The molecule has 240 valence electrons. The van der Waals surface area contributed by atoms with Crippen LogP contribution in [0.2, 0.25) is 0 Å². The van der Waals surface area contributed by atoms with Crippen molar-refractivity contribution in [3.8, 4) is 12.3 Å². The number of terminal acetylenes is 1. The van der Waals surface area contributed by atoms with Crippen molar-refractivity contribution in [2.75, 3.05) is 17.2 Å². The molecule has 0 spiro atoms. The van der Waals surface area contributed by atoms with E-state index in [4.69, 9.17) is 17.3 Å². The molecule has 0 bridgehead atoms. The summed E-state index contributed by atoms with van der Waals surface area (Å²) in [6.45, 7) is 0.228. The molecule has 2 unspecified atom stereocenters. The molecule has 0 saturated carbocycles. The van der Waals surface area contributed by atoms with E-state index in [1.807, 2.05) is 11.0 Å². The molecular weight excluding hydrogens is 600 g/mol. The number of aliphatic carboxylic acids is 3. The molecule has 3 atom stereocenters. The minimum absolute atomic E-state index is 0.0316. The molecule has 1 aliphatic carbocycles. The van der Waals surface area contributed by atoms with Crippen molar-refractivity contribution in [1.29, 1.82) is 0 Å². The summed E-state index contributed by atoms with van der Waals surface area (Å²) in [6.07, 6.45) is 5.53. The Bertz CT molecular complexity index is 1780. The monoisotopic (exact) mass is 632 g/mol. The average molecular weight is 633 g/mol. The highest BCUT2D eigenvalue weighted by Gasteiger charge is 2.30. The summed E-state index contributed by atoms with van der Waals surface area (Å²) < 4.78 is 0. The minimum atomic E-state index is -1.46. The van der Waals surface area contributed by atoms with Gasteiger partial charge in [0.15, 0.2) is 0 Å². The fourth-order valence-corrected chi connectivity index (χ4v) is 5.41. The largest absolute Gasteiger partial charge is 0.481 e. The number of aromatic amines is 1. The lowest BCUT2D eigenvalue weighted by atomic mass is 10.0. The second-order valence-electron chi connectivity index (χ2n) is 10.7. The Kier molecular flexibility index (Phi) is 10.2. The van der Waals surface area contributed by atoms with Crippen LogP contribution in [-0.2, 0) is 25.6 Å². The molecule has 0 fully saturated rings. The van der Waals surface area contributed by atoms with Gasteiger partial charge in [0.05, 0.1) is 23.5 Å². The Morgan fingerprint density at radius 3 is 2.30 bits per heavy atom. The Balaban J connectivity index is 1.43. The molecule has 8 N–H and O–H groups in total. The summed E-state index contributed by atoms with van der Waals surface area (Å²) in [5.41, 5.74) is 8.63. The number of carboxylic acid groups (broad SMARTS) is 3. The molecule has 15 nitrogen and oxygen atoms in total. The minimum Gasteiger partial charge on any atom is -0.481 e. The van der Waals surface area contributed by atoms with E-state index in [1.165, 1.54) is 12.1 Å². The Morgan fingerprint density at radius 2 is 1.67 bits per heavy atom. The van der Waals surface area contributed by atoms with Crippen LogP contribution in [0, 0.1) is 12.3 Å². The third-order valence-electron chi connectivity index (χ3n) is 7.67. The number of rotatable bonds is 14. The van der Waals surface area contributed by atoms with Gasteiger partial charge >= 0.3 is 17.9 Å². The molecule has 15 heteroatoms. The zero-order valence-electron chi connectivity index (χ0n) is 24.5. The van der Waals surface area contributed by atoms with Gasteiger partial charge in [0.25, 0.3) is 11.5 Å². The Labute approximate surface area is 261 Å². The number of carbonyl (C=O) groups is 5. The van der Waals surface area contributed by atoms with E-state index in [-0.39, 0.29) is 42.5 Å². The maximum atomic E-state index is 12.9. The van der Waals surface area contributed by atoms with E-state index in [2.05, 4.69) is 26.5 Å². The van der Waals surface area contributed by atoms with Crippen molar-refractivity contribution in [3.63, 3.8) is 0 Å². The third kappa shape index (κ3) is 7.78. The predicted octanol–water partition coefficient (Wildman–Crippen LogP) is 1.03. The predicted molar refractivity (Wildman–Crippen MR) is 165 cm³/mol. The SMILES string of the molecule is C#CCN(c1ccc(C(=O)N[C@@H](CCC(=O)NC(CCC(=O)O)C(=O)O)C(=O)O)cc1)C1CCc2cc3nc(N)[nH]c(=O)c3cc21. The molecule has 1 heterocycles.